The predicted octanol–water partition coefficient (Wildman–Crippen LogP) is -2.05. The molecule has 0 aliphatic carbocycles. The molecule has 0 saturated heterocycles. The molecule has 0 N–H and O–H groups in total. The summed E-state index contributed by atoms with van der Waals surface area (Å²) < 4.78 is 0. The highest BCUT2D eigenvalue weighted by Crippen LogP contribution is 1.84. The van der Waals surface area contributed by atoms with Crippen LogP contribution in [0.2, 0.25) is 0 Å². The molecule has 0 radical (unpaired) electrons. The molecule has 6 nitrogen and oxygen atoms in total. The van der Waals surface area contributed by atoms with Crippen molar-refractivity contribution in [2.75, 3.05) is 0 Å². The first-order chi connectivity index (χ1) is 5.09. The molecule has 1 aromatic heterocycles. The van der Waals surface area contributed by atoms with E-state index in [9.17, 15) is 5.11 Å². The van der Waals surface area contributed by atoms with Crippen LogP contribution in [0.3, 0.4) is 0 Å². The lowest BCUT2D eigenvalue weighted by Crippen LogP contribution is -2.34. The maximum atomic E-state index is 10.5. The monoisotopic (exact) mass is 155 g/mol. The molecule has 0 aromatic carbocycles. The summed E-state index contributed by atoms with van der Waals surface area (Å²) in [5.74, 6) is 0.293. The van der Waals surface area contributed by atoms with Crippen molar-refractivity contribution in [3.8, 4) is 0 Å². The Morgan fingerprint density at radius 2 is 2.36 bits per heavy atom. The van der Waals surface area contributed by atoms with Crippen LogP contribution in [0, 0.1) is 6.92 Å². The normalized spacial score (nSPS) is 12.1. The second-order valence-corrected chi connectivity index (χ2v) is 2.13. The summed E-state index contributed by atoms with van der Waals surface area (Å²) in [6.45, 7) is 3.08. The van der Waals surface area contributed by atoms with Gasteiger partial charge in [-0.1, -0.05) is 5.10 Å². The van der Waals surface area contributed by atoms with Gasteiger partial charge in [0.05, 0.1) is 0 Å². The molecule has 1 aromatic rings. The summed E-state index contributed by atoms with van der Waals surface area (Å²) in [6.07, 6.45) is 0. The van der Waals surface area contributed by atoms with E-state index in [0.29, 0.717) is 5.82 Å². The molecule has 11 heavy (non-hydrogen) atoms. The van der Waals surface area contributed by atoms with Crippen LogP contribution in [0.1, 0.15) is 12.7 Å². The van der Waals surface area contributed by atoms with Gasteiger partial charge in [0.15, 0.2) is 0 Å². The molecule has 0 unspecified atom stereocenters. The van der Waals surface area contributed by atoms with Gasteiger partial charge in [-0.05, 0) is 16.8 Å². The van der Waals surface area contributed by atoms with E-state index in [0.717, 1.165) is 0 Å². The fraction of sp³-hybridized carbons (Fsp3) is 0.600. The summed E-state index contributed by atoms with van der Waals surface area (Å²) >= 11 is 0. The van der Waals surface area contributed by atoms with Gasteiger partial charge in [-0.2, -0.15) is 0 Å². The molecular weight excluding hydrogens is 146 g/mol. The largest absolute Gasteiger partial charge is 0.859 e. The first-order valence-corrected chi connectivity index (χ1v) is 3.12. The highest BCUT2D eigenvalue weighted by molar-refractivity contribution is 5.67. The summed E-state index contributed by atoms with van der Waals surface area (Å²) in [5.41, 5.74) is 0. The summed E-state index contributed by atoms with van der Waals surface area (Å²) in [5, 5.41) is 21.7. The minimum Gasteiger partial charge on any atom is -0.859 e. The predicted molar refractivity (Wildman–Crippen MR) is 34.4 cm³/mol. The van der Waals surface area contributed by atoms with Crippen LogP contribution in [0.25, 0.3) is 0 Å². The van der Waals surface area contributed by atoms with Gasteiger partial charge >= 0.3 is 0 Å². The zero-order valence-electron chi connectivity index (χ0n) is 6.64. The van der Waals surface area contributed by atoms with Crippen LogP contribution in [0.4, 0.5) is 0 Å². The molecule has 60 valence electrons. The number of hydrogen-bond acceptors (Lipinski definition) is 4. The summed E-state index contributed by atoms with van der Waals surface area (Å²) in [6, 6.07) is 0. The van der Waals surface area contributed by atoms with E-state index < -0.39 is 0 Å². The Kier molecular flexibility index (Phi) is 1.84. The van der Waals surface area contributed by atoms with Gasteiger partial charge < -0.3 is 5.11 Å². The maximum Gasteiger partial charge on any atom is 0.286 e. The Labute approximate surface area is 63.7 Å². The van der Waals surface area contributed by atoms with E-state index in [1.165, 1.54) is 16.5 Å². The van der Waals surface area contributed by atoms with Crippen LogP contribution in [-0.4, -0.2) is 21.0 Å². The molecule has 0 bridgehead atoms. The average molecular weight is 155 g/mol. The van der Waals surface area contributed by atoms with Gasteiger partial charge in [0, 0.05) is 17.6 Å². The average Bonchev–Trinajstić information content (AvgIpc) is 2.09. The van der Waals surface area contributed by atoms with Gasteiger partial charge in [0.2, 0.25) is 0 Å². The fourth-order valence-corrected chi connectivity index (χ4v) is 0.683. The van der Waals surface area contributed by atoms with Crippen LogP contribution in [-0.2, 0) is 7.05 Å². The number of rotatable bonds is 1. The van der Waals surface area contributed by atoms with Gasteiger partial charge in [-0.25, -0.2) is 0 Å². The molecule has 0 atom stereocenters. The van der Waals surface area contributed by atoms with Gasteiger partial charge in [0.1, 0.15) is 12.3 Å². The minimum absolute atomic E-state index is 0.293. The molecule has 6 heteroatoms. The molecule has 0 saturated carbocycles. The van der Waals surface area contributed by atoms with E-state index in [1.807, 2.05) is 0 Å². The van der Waals surface area contributed by atoms with Crippen molar-refractivity contribution < 1.29 is 9.90 Å². The third-order valence-corrected chi connectivity index (χ3v) is 1.03. The Bertz CT molecular complexity index is 285. The topological polar surface area (TPSA) is 70.0 Å². The van der Waals surface area contributed by atoms with Crippen LogP contribution in [0.5, 0.6) is 0 Å². The van der Waals surface area contributed by atoms with E-state index in [2.05, 4.69) is 15.4 Å². The van der Waals surface area contributed by atoms with Gasteiger partial charge in [0.25, 0.3) is 5.82 Å². The van der Waals surface area contributed by atoms with E-state index in [-0.39, 0.29) is 5.90 Å². The van der Waals surface area contributed by atoms with Crippen molar-refractivity contribution in [1.82, 2.24) is 15.1 Å². The number of tetrazole rings is 1. The third-order valence-electron chi connectivity index (χ3n) is 1.03. The molecule has 0 amide bonds. The molecule has 1 heterocycles. The summed E-state index contributed by atoms with van der Waals surface area (Å²) in [4.78, 5) is 2.55. The third kappa shape index (κ3) is 1.73. The molecule has 0 aliphatic rings. The zero-order chi connectivity index (χ0) is 8.43. The van der Waals surface area contributed by atoms with Crippen molar-refractivity contribution in [2.24, 2.45) is 12.1 Å². The first kappa shape index (κ1) is 7.64. The van der Waals surface area contributed by atoms with Crippen LogP contribution in [0.15, 0.2) is 5.10 Å². The zero-order valence-corrected chi connectivity index (χ0v) is 6.64. The maximum absolute atomic E-state index is 10.5. The lowest BCUT2D eigenvalue weighted by Gasteiger charge is -1.94. The molecule has 0 spiro atoms. The van der Waals surface area contributed by atoms with Crippen molar-refractivity contribution in [2.45, 2.75) is 13.8 Å². The quantitative estimate of drug-likeness (QED) is 0.266. The Hall–Kier alpha value is -1.46. The number of aryl methyl sites for hydroxylation is 2. The molecule has 0 fully saturated rings. The molecule has 1 rings (SSSR count). The van der Waals surface area contributed by atoms with Crippen molar-refractivity contribution in [3.05, 3.63) is 5.82 Å². The van der Waals surface area contributed by atoms with Crippen molar-refractivity contribution in [3.63, 3.8) is 0 Å². The van der Waals surface area contributed by atoms with Gasteiger partial charge in [-0.15, -0.1) is 0 Å². The first-order valence-electron chi connectivity index (χ1n) is 3.12. The SMILES string of the molecule is C/C([O-])=N/n1n[n+](C)nc1C. The lowest BCUT2D eigenvalue weighted by atomic mass is 10.7. The number of nitrogens with zero attached hydrogens (tertiary/aromatic N) is 5. The van der Waals surface area contributed by atoms with Crippen LogP contribution < -0.4 is 9.90 Å². The summed E-state index contributed by atoms with van der Waals surface area (Å²) in [7, 11) is 1.67. The van der Waals surface area contributed by atoms with Crippen molar-refractivity contribution >= 4 is 5.90 Å². The van der Waals surface area contributed by atoms with Gasteiger partial charge in [-0.3, -0.25) is 0 Å². The highest BCUT2D eigenvalue weighted by Gasteiger charge is 2.08. The fourth-order valence-electron chi connectivity index (χ4n) is 0.683. The van der Waals surface area contributed by atoms with E-state index in [1.54, 1.807) is 14.0 Å². The highest BCUT2D eigenvalue weighted by atomic mass is 16.3. The number of aromatic nitrogens is 4. The Balaban J connectivity index is 3.04. The van der Waals surface area contributed by atoms with Crippen LogP contribution >= 0.6 is 0 Å². The second kappa shape index (κ2) is 2.65. The van der Waals surface area contributed by atoms with E-state index in [4.69, 9.17) is 0 Å². The van der Waals surface area contributed by atoms with Crippen molar-refractivity contribution in [1.29, 1.82) is 0 Å². The number of hydrogen-bond donors (Lipinski definition) is 0. The van der Waals surface area contributed by atoms with E-state index >= 15 is 0 Å². The standard InChI is InChI=1S/C5H9N5O/c1-4-6-9(3)8-10(4)7-5(2)11/h1-3H3. The smallest absolute Gasteiger partial charge is 0.286 e. The Morgan fingerprint density at radius 3 is 2.73 bits per heavy atom. The molecular formula is C5H9N5O. The minimum atomic E-state index is -0.293. The Morgan fingerprint density at radius 1 is 1.73 bits per heavy atom. The molecule has 0 aliphatic heterocycles. The second-order valence-electron chi connectivity index (χ2n) is 2.13. The lowest BCUT2D eigenvalue weighted by molar-refractivity contribution is -0.785.